The lowest BCUT2D eigenvalue weighted by atomic mass is 9.87. The van der Waals surface area contributed by atoms with E-state index in [9.17, 15) is 0 Å². The zero-order chi connectivity index (χ0) is 18.9. The molecule has 0 aliphatic rings. The quantitative estimate of drug-likeness (QED) is 0.667. The summed E-state index contributed by atoms with van der Waals surface area (Å²) in [6.07, 6.45) is 5.62. The van der Waals surface area contributed by atoms with Crippen molar-refractivity contribution in [3.8, 4) is 11.4 Å². The van der Waals surface area contributed by atoms with E-state index in [2.05, 4.69) is 65.9 Å². The predicted molar refractivity (Wildman–Crippen MR) is 108 cm³/mol. The summed E-state index contributed by atoms with van der Waals surface area (Å²) in [7, 11) is 1.86. The number of aromatic nitrogens is 4. The van der Waals surface area contributed by atoms with Crippen LogP contribution in [0, 0.1) is 5.92 Å². The standard InChI is InChI=1S/C20H26N6/c1-12(2)9-23-18-15(21-6)8-16-19(26-18)25-17(24-16)13-7-14(11-22-10-13)20(3,4)5/h7-12,21H,1-6H3,(H,24,25,26)/b23-9+. The Morgan fingerprint density at radius 3 is 2.58 bits per heavy atom. The Balaban J connectivity index is 2.07. The molecule has 0 aromatic carbocycles. The van der Waals surface area contributed by atoms with Gasteiger partial charge in [-0.2, -0.15) is 0 Å². The molecule has 136 valence electrons. The number of pyridine rings is 2. The van der Waals surface area contributed by atoms with Gasteiger partial charge in [0.05, 0.1) is 5.69 Å². The normalized spacial score (nSPS) is 12.4. The summed E-state index contributed by atoms with van der Waals surface area (Å²) in [5.41, 5.74) is 4.53. The van der Waals surface area contributed by atoms with Gasteiger partial charge in [-0.3, -0.25) is 4.98 Å². The monoisotopic (exact) mass is 350 g/mol. The van der Waals surface area contributed by atoms with Crippen LogP contribution in [0.3, 0.4) is 0 Å². The van der Waals surface area contributed by atoms with Crippen LogP contribution in [-0.4, -0.2) is 33.2 Å². The molecule has 0 aliphatic carbocycles. The molecule has 0 bridgehead atoms. The molecule has 3 aromatic heterocycles. The van der Waals surface area contributed by atoms with Gasteiger partial charge in [-0.1, -0.05) is 34.6 Å². The lowest BCUT2D eigenvalue weighted by Gasteiger charge is -2.18. The van der Waals surface area contributed by atoms with Gasteiger partial charge in [0.2, 0.25) is 0 Å². The van der Waals surface area contributed by atoms with Crippen molar-refractivity contribution in [2.75, 3.05) is 12.4 Å². The van der Waals surface area contributed by atoms with E-state index in [0.29, 0.717) is 11.7 Å². The lowest BCUT2D eigenvalue weighted by molar-refractivity contribution is 0.587. The maximum Gasteiger partial charge on any atom is 0.177 e. The Labute approximate surface area is 154 Å². The molecule has 3 aromatic rings. The number of hydrogen-bond donors (Lipinski definition) is 2. The minimum atomic E-state index is 0.0330. The van der Waals surface area contributed by atoms with E-state index < -0.39 is 0 Å². The van der Waals surface area contributed by atoms with E-state index in [1.54, 1.807) is 0 Å². The van der Waals surface area contributed by atoms with Crippen LogP contribution < -0.4 is 5.32 Å². The molecule has 0 saturated heterocycles. The largest absolute Gasteiger partial charge is 0.385 e. The van der Waals surface area contributed by atoms with Gasteiger partial charge in [0.25, 0.3) is 0 Å². The molecule has 2 N–H and O–H groups in total. The second-order valence-corrected chi connectivity index (χ2v) is 7.80. The summed E-state index contributed by atoms with van der Waals surface area (Å²) in [6, 6.07) is 4.10. The van der Waals surface area contributed by atoms with Crippen LogP contribution in [0.1, 0.15) is 40.2 Å². The maximum atomic E-state index is 4.70. The van der Waals surface area contributed by atoms with E-state index in [4.69, 9.17) is 4.98 Å². The van der Waals surface area contributed by atoms with Crippen LogP contribution in [0.4, 0.5) is 11.5 Å². The van der Waals surface area contributed by atoms with Gasteiger partial charge in [0.15, 0.2) is 11.5 Å². The first-order valence-corrected chi connectivity index (χ1v) is 8.86. The van der Waals surface area contributed by atoms with Crippen LogP contribution in [0.2, 0.25) is 0 Å². The van der Waals surface area contributed by atoms with Crippen molar-refractivity contribution in [1.29, 1.82) is 0 Å². The van der Waals surface area contributed by atoms with Gasteiger partial charge in [0.1, 0.15) is 11.3 Å². The Kier molecular flexibility index (Phi) is 4.76. The Bertz CT molecular complexity index is 947. The molecule has 26 heavy (non-hydrogen) atoms. The topological polar surface area (TPSA) is 78.9 Å². The van der Waals surface area contributed by atoms with E-state index in [1.807, 2.05) is 31.7 Å². The fraction of sp³-hybridized carbons (Fsp3) is 0.400. The molecule has 6 nitrogen and oxygen atoms in total. The average Bonchev–Trinajstić information content (AvgIpc) is 3.01. The first kappa shape index (κ1) is 18.0. The average molecular weight is 350 g/mol. The third-order valence-electron chi connectivity index (χ3n) is 4.09. The fourth-order valence-electron chi connectivity index (χ4n) is 2.55. The summed E-state index contributed by atoms with van der Waals surface area (Å²) in [4.78, 5) is 21.5. The van der Waals surface area contributed by atoms with Crippen molar-refractivity contribution in [3.63, 3.8) is 0 Å². The van der Waals surface area contributed by atoms with Gasteiger partial charge in [-0.15, -0.1) is 0 Å². The molecule has 0 unspecified atom stereocenters. The van der Waals surface area contributed by atoms with Crippen LogP contribution in [0.5, 0.6) is 0 Å². The zero-order valence-corrected chi connectivity index (χ0v) is 16.3. The number of fused-ring (bicyclic) bond motifs is 1. The Hall–Kier alpha value is -2.76. The molecule has 0 radical (unpaired) electrons. The first-order chi connectivity index (χ1) is 12.3. The van der Waals surface area contributed by atoms with E-state index in [-0.39, 0.29) is 5.41 Å². The summed E-state index contributed by atoms with van der Waals surface area (Å²) >= 11 is 0. The van der Waals surface area contributed by atoms with Crippen LogP contribution >= 0.6 is 0 Å². The summed E-state index contributed by atoms with van der Waals surface area (Å²) in [5, 5.41) is 3.15. The molecule has 6 heteroatoms. The van der Waals surface area contributed by atoms with Gasteiger partial charge in [-0.05, 0) is 29.0 Å². The molecule has 0 fully saturated rings. The van der Waals surface area contributed by atoms with E-state index >= 15 is 0 Å². The molecular weight excluding hydrogens is 324 g/mol. The highest BCUT2D eigenvalue weighted by Gasteiger charge is 2.16. The zero-order valence-electron chi connectivity index (χ0n) is 16.3. The highest BCUT2D eigenvalue weighted by molar-refractivity contribution is 5.84. The molecular formula is C20H26N6. The Morgan fingerprint density at radius 1 is 1.15 bits per heavy atom. The minimum Gasteiger partial charge on any atom is -0.385 e. The maximum absolute atomic E-state index is 4.70. The molecule has 0 aliphatic heterocycles. The molecule has 3 heterocycles. The van der Waals surface area contributed by atoms with Crippen molar-refractivity contribution in [1.82, 2.24) is 19.9 Å². The van der Waals surface area contributed by atoms with Crippen LogP contribution in [-0.2, 0) is 5.41 Å². The smallest absolute Gasteiger partial charge is 0.177 e. The van der Waals surface area contributed by atoms with Gasteiger partial charge < -0.3 is 10.3 Å². The molecule has 0 amide bonds. The van der Waals surface area contributed by atoms with Crippen LogP contribution in [0.15, 0.2) is 29.5 Å². The number of aliphatic imine (C=N–C) groups is 1. The number of rotatable bonds is 4. The van der Waals surface area contributed by atoms with Crippen LogP contribution in [0.25, 0.3) is 22.6 Å². The predicted octanol–water partition coefficient (Wildman–Crippen LogP) is 4.72. The van der Waals surface area contributed by atoms with Gasteiger partial charge >= 0.3 is 0 Å². The highest BCUT2D eigenvalue weighted by Crippen LogP contribution is 2.29. The molecule has 0 atom stereocenters. The van der Waals surface area contributed by atoms with Crippen molar-refractivity contribution < 1.29 is 0 Å². The number of H-pyrrole nitrogens is 1. The van der Waals surface area contributed by atoms with E-state index in [1.165, 1.54) is 5.56 Å². The van der Waals surface area contributed by atoms with Gasteiger partial charge in [-0.25, -0.2) is 15.0 Å². The van der Waals surface area contributed by atoms with Crippen molar-refractivity contribution in [3.05, 3.63) is 30.1 Å². The highest BCUT2D eigenvalue weighted by atomic mass is 15.1. The van der Waals surface area contributed by atoms with Crippen molar-refractivity contribution >= 4 is 28.9 Å². The summed E-state index contributed by atoms with van der Waals surface area (Å²) in [5.74, 6) is 1.78. The second-order valence-electron chi connectivity index (χ2n) is 7.80. The molecule has 0 saturated carbocycles. The number of nitrogens with zero attached hydrogens (tertiary/aromatic N) is 4. The SMILES string of the molecule is CNc1cc2nc(-c3cncc(C(C)(C)C)c3)[nH]c2nc1/N=C/C(C)C. The number of hydrogen-bond acceptors (Lipinski definition) is 5. The molecule has 0 spiro atoms. The first-order valence-electron chi connectivity index (χ1n) is 8.86. The second kappa shape index (κ2) is 6.86. The number of anilines is 1. The summed E-state index contributed by atoms with van der Waals surface area (Å²) in [6.45, 7) is 10.7. The third kappa shape index (κ3) is 3.74. The van der Waals surface area contributed by atoms with E-state index in [0.717, 1.165) is 28.2 Å². The fourth-order valence-corrected chi connectivity index (χ4v) is 2.55. The number of imidazole rings is 1. The van der Waals surface area contributed by atoms with Gasteiger partial charge in [0, 0.05) is 31.2 Å². The number of nitrogens with one attached hydrogen (secondary N) is 2. The van der Waals surface area contributed by atoms with Crippen molar-refractivity contribution in [2.24, 2.45) is 10.9 Å². The van der Waals surface area contributed by atoms with Crippen molar-refractivity contribution in [2.45, 2.75) is 40.0 Å². The Morgan fingerprint density at radius 2 is 1.92 bits per heavy atom. The number of aromatic amines is 1. The summed E-state index contributed by atoms with van der Waals surface area (Å²) < 4.78 is 0. The molecule has 3 rings (SSSR count). The lowest BCUT2D eigenvalue weighted by Crippen LogP contribution is -2.11. The minimum absolute atomic E-state index is 0.0330. The third-order valence-corrected chi connectivity index (χ3v) is 4.09.